The highest BCUT2D eigenvalue weighted by molar-refractivity contribution is 5.80. The number of piperidine rings is 2. The molecule has 15 nitrogen and oxygen atoms in total. The lowest BCUT2D eigenvalue weighted by atomic mass is 9.96. The van der Waals surface area contributed by atoms with Crippen LogP contribution in [-0.4, -0.2) is 160 Å². The minimum atomic E-state index is -4.79. The SMILES string of the molecule is N#Cc1c(-c2ccccc2)ccnc1/C=C/c1cc(OCC2CCN(C(=O)CN3CCN(CC(=O)O)CCN(CC(=O)O)CC3)CC2)c(CN2CCCC[C@H]2C(=O)O)cc1C(F)(F)F. The second kappa shape index (κ2) is 22.2. The summed E-state index contributed by atoms with van der Waals surface area (Å²) in [4.78, 5) is 61.8. The Labute approximate surface area is 369 Å². The van der Waals surface area contributed by atoms with Crippen LogP contribution in [0.25, 0.3) is 23.3 Å². The smallest absolute Gasteiger partial charge is 0.417 e. The van der Waals surface area contributed by atoms with Gasteiger partial charge in [-0.3, -0.25) is 43.8 Å². The Hall–Kier alpha value is -5.87. The maximum absolute atomic E-state index is 14.9. The number of carbonyl (C=O) groups is 4. The molecular weight excluding hydrogens is 836 g/mol. The van der Waals surface area contributed by atoms with Gasteiger partial charge in [-0.25, -0.2) is 0 Å². The number of ether oxygens (including phenoxy) is 1. The largest absolute Gasteiger partial charge is 0.493 e. The molecular formula is C46H54F3N7O8. The van der Waals surface area contributed by atoms with Crippen molar-refractivity contribution in [3.63, 3.8) is 0 Å². The third-order valence-electron chi connectivity index (χ3n) is 12.1. The summed E-state index contributed by atoms with van der Waals surface area (Å²) in [6.45, 7) is 3.37. The van der Waals surface area contributed by atoms with Crippen molar-refractivity contribution < 1.29 is 52.4 Å². The number of carboxylic acids is 3. The van der Waals surface area contributed by atoms with Gasteiger partial charge in [0.25, 0.3) is 0 Å². The molecule has 3 aliphatic heterocycles. The Balaban J connectivity index is 1.19. The summed E-state index contributed by atoms with van der Waals surface area (Å²) in [5, 5.41) is 38.9. The molecule has 3 aromatic rings. The van der Waals surface area contributed by atoms with Crippen LogP contribution < -0.4 is 4.74 Å². The number of nitrogens with zero attached hydrogens (tertiary/aromatic N) is 7. The van der Waals surface area contributed by atoms with Gasteiger partial charge in [-0.05, 0) is 73.5 Å². The van der Waals surface area contributed by atoms with E-state index in [0.717, 1.165) is 11.6 Å². The topological polar surface area (TPSA) is 191 Å². The fourth-order valence-electron chi connectivity index (χ4n) is 8.60. The Bertz CT molecular complexity index is 2170. The van der Waals surface area contributed by atoms with E-state index in [4.69, 9.17) is 4.74 Å². The lowest BCUT2D eigenvalue weighted by Crippen LogP contribution is -2.47. The number of halogens is 3. The predicted molar refractivity (Wildman–Crippen MR) is 230 cm³/mol. The second-order valence-electron chi connectivity index (χ2n) is 16.5. The number of hydrogen-bond donors (Lipinski definition) is 3. The highest BCUT2D eigenvalue weighted by atomic mass is 19.4. The summed E-state index contributed by atoms with van der Waals surface area (Å²) < 4.78 is 51.0. The van der Waals surface area contributed by atoms with Crippen LogP contribution in [0, 0.1) is 17.2 Å². The molecule has 64 heavy (non-hydrogen) atoms. The highest BCUT2D eigenvalue weighted by Crippen LogP contribution is 2.39. The van der Waals surface area contributed by atoms with Gasteiger partial charge in [-0.1, -0.05) is 42.8 Å². The van der Waals surface area contributed by atoms with Crippen molar-refractivity contribution in [2.45, 2.75) is 50.9 Å². The number of aliphatic carboxylic acids is 3. The third kappa shape index (κ3) is 13.1. The van der Waals surface area contributed by atoms with Crippen molar-refractivity contribution in [3.05, 3.63) is 82.7 Å². The number of rotatable bonds is 15. The zero-order chi connectivity index (χ0) is 45.8. The number of benzene rings is 2. The predicted octanol–water partition coefficient (Wildman–Crippen LogP) is 4.95. The fourth-order valence-corrected chi connectivity index (χ4v) is 8.60. The van der Waals surface area contributed by atoms with Gasteiger partial charge in [0.05, 0.1) is 43.1 Å². The standard InChI is InChI=1S/C46H54F3N7O8/c47-46(48,49)38-24-35(27-56-15-5-4-8-40(56)45(62)63)41(25-34(38)9-10-39-37(26-50)36(11-14-51-39)33-6-2-1-3-7-33)64-31-32-12-16-55(17-13-32)42(57)28-52-18-20-53(29-43(58)59)22-23-54(21-19-52)30-44(60)61/h1-3,6-7,9-11,14,24-25,32,40H,4-5,8,12-13,15-23,27-31H2,(H,58,59)(H,60,61)(H,62,63)/b10-9+/t40-/m0/s1. The molecule has 0 radical (unpaired) electrons. The van der Waals surface area contributed by atoms with Crippen LogP contribution in [0.4, 0.5) is 13.2 Å². The molecule has 0 aliphatic carbocycles. The number of alkyl halides is 3. The number of pyridine rings is 1. The van der Waals surface area contributed by atoms with Crippen LogP contribution in [-0.2, 0) is 31.9 Å². The minimum Gasteiger partial charge on any atom is -0.493 e. The summed E-state index contributed by atoms with van der Waals surface area (Å²) in [5.74, 6) is -3.02. The van der Waals surface area contributed by atoms with Crippen molar-refractivity contribution in [3.8, 4) is 22.9 Å². The number of hydrogen-bond acceptors (Lipinski definition) is 11. The molecule has 4 heterocycles. The first kappa shape index (κ1) is 47.6. The molecule has 3 aliphatic rings. The molecule has 0 unspecified atom stereocenters. The zero-order valence-corrected chi connectivity index (χ0v) is 35.6. The van der Waals surface area contributed by atoms with Crippen molar-refractivity contribution in [1.29, 1.82) is 5.26 Å². The van der Waals surface area contributed by atoms with Crippen molar-refractivity contribution in [1.82, 2.24) is 29.5 Å². The summed E-state index contributed by atoms with van der Waals surface area (Å²) in [6, 6.07) is 14.4. The van der Waals surface area contributed by atoms with Gasteiger partial charge in [0.2, 0.25) is 5.91 Å². The summed E-state index contributed by atoms with van der Waals surface area (Å²) >= 11 is 0. The lowest BCUT2D eigenvalue weighted by Gasteiger charge is -2.35. The fraction of sp³-hybridized carbons (Fsp3) is 0.478. The number of nitriles is 1. The van der Waals surface area contributed by atoms with Crippen LogP contribution in [0.5, 0.6) is 5.75 Å². The van der Waals surface area contributed by atoms with Gasteiger partial charge in [-0.2, -0.15) is 18.4 Å². The van der Waals surface area contributed by atoms with E-state index in [9.17, 15) is 52.9 Å². The quantitative estimate of drug-likeness (QED) is 0.186. The van der Waals surface area contributed by atoms with E-state index in [1.54, 1.807) is 25.7 Å². The van der Waals surface area contributed by atoms with Crippen LogP contribution in [0.3, 0.4) is 0 Å². The zero-order valence-electron chi connectivity index (χ0n) is 35.6. The van der Waals surface area contributed by atoms with E-state index in [2.05, 4.69) is 11.1 Å². The molecule has 3 saturated heterocycles. The van der Waals surface area contributed by atoms with Gasteiger partial charge in [0.15, 0.2) is 0 Å². The maximum atomic E-state index is 14.9. The van der Waals surface area contributed by atoms with E-state index in [-0.39, 0.29) is 72.7 Å². The van der Waals surface area contributed by atoms with E-state index in [0.29, 0.717) is 96.6 Å². The Morgan fingerprint density at radius 2 is 1.42 bits per heavy atom. The molecule has 18 heteroatoms. The van der Waals surface area contributed by atoms with Crippen LogP contribution in [0.2, 0.25) is 0 Å². The molecule has 342 valence electrons. The first-order valence-corrected chi connectivity index (χ1v) is 21.5. The van der Waals surface area contributed by atoms with Crippen LogP contribution >= 0.6 is 0 Å². The van der Waals surface area contributed by atoms with E-state index in [1.807, 2.05) is 35.2 Å². The first-order valence-electron chi connectivity index (χ1n) is 21.5. The lowest BCUT2D eigenvalue weighted by molar-refractivity contribution is -0.145. The average Bonchev–Trinajstić information content (AvgIpc) is 3.35. The van der Waals surface area contributed by atoms with Crippen molar-refractivity contribution in [2.24, 2.45) is 5.92 Å². The normalized spacial score (nSPS) is 19.1. The van der Waals surface area contributed by atoms with Gasteiger partial charge in [0.1, 0.15) is 17.9 Å². The van der Waals surface area contributed by atoms with E-state index >= 15 is 0 Å². The molecule has 3 N–H and O–H groups in total. The first-order chi connectivity index (χ1) is 30.7. The number of likely N-dealkylation sites (tertiary alicyclic amines) is 2. The van der Waals surface area contributed by atoms with E-state index in [1.165, 1.54) is 24.4 Å². The average molecular weight is 890 g/mol. The molecule has 6 rings (SSSR count). The molecule has 0 bridgehead atoms. The Morgan fingerprint density at radius 1 is 0.797 bits per heavy atom. The molecule has 2 aromatic carbocycles. The molecule has 1 aromatic heterocycles. The van der Waals surface area contributed by atoms with Crippen LogP contribution in [0.15, 0.2) is 54.7 Å². The number of carbonyl (C=O) groups excluding carboxylic acids is 1. The molecule has 0 saturated carbocycles. The monoisotopic (exact) mass is 889 g/mol. The minimum absolute atomic E-state index is 0.0533. The van der Waals surface area contributed by atoms with Crippen molar-refractivity contribution in [2.75, 3.05) is 85.1 Å². The number of aromatic nitrogens is 1. The maximum Gasteiger partial charge on any atom is 0.417 e. The molecule has 0 spiro atoms. The summed E-state index contributed by atoms with van der Waals surface area (Å²) in [7, 11) is 0. The molecule has 1 atom stereocenters. The second-order valence-corrected chi connectivity index (χ2v) is 16.5. The van der Waals surface area contributed by atoms with Gasteiger partial charge in [0, 0.05) is 76.2 Å². The number of carboxylic acid groups (broad SMARTS) is 3. The summed E-state index contributed by atoms with van der Waals surface area (Å²) in [6.07, 6.45) is 2.22. The van der Waals surface area contributed by atoms with Gasteiger partial charge >= 0.3 is 24.1 Å². The van der Waals surface area contributed by atoms with Gasteiger partial charge < -0.3 is 25.0 Å². The van der Waals surface area contributed by atoms with E-state index < -0.39 is 35.7 Å². The molecule has 3 fully saturated rings. The Kier molecular flexibility index (Phi) is 16.5. The molecule has 1 amide bonds. The third-order valence-corrected chi connectivity index (χ3v) is 12.1. The number of amides is 1. The summed E-state index contributed by atoms with van der Waals surface area (Å²) in [5.41, 5.74) is 0.747. The van der Waals surface area contributed by atoms with Crippen LogP contribution in [0.1, 0.15) is 60.1 Å². The Morgan fingerprint density at radius 3 is 2.00 bits per heavy atom. The highest BCUT2D eigenvalue weighted by Gasteiger charge is 2.36. The van der Waals surface area contributed by atoms with Crippen molar-refractivity contribution >= 4 is 36.0 Å². The van der Waals surface area contributed by atoms with Gasteiger partial charge in [-0.15, -0.1) is 0 Å².